The maximum atomic E-state index is 10.7. The van der Waals surface area contributed by atoms with Crippen LogP contribution in [0.5, 0.6) is 0 Å². The summed E-state index contributed by atoms with van der Waals surface area (Å²) in [5.41, 5.74) is 4.83. The van der Waals surface area contributed by atoms with Crippen LogP contribution in [0, 0.1) is 0 Å². The first kappa shape index (κ1) is 11.9. The Morgan fingerprint density at radius 3 is 2.33 bits per heavy atom. The zero-order chi connectivity index (χ0) is 12.8. The van der Waals surface area contributed by atoms with Crippen LogP contribution in [0.3, 0.4) is 0 Å². The average molecular weight is 240 g/mol. The predicted octanol–water partition coefficient (Wildman–Crippen LogP) is 2.83. The highest BCUT2D eigenvalue weighted by atomic mass is 16.4. The number of hydrogen-bond donors (Lipinski definition) is 2. The van der Waals surface area contributed by atoms with Crippen molar-refractivity contribution in [3.05, 3.63) is 65.7 Å². The van der Waals surface area contributed by atoms with Gasteiger partial charge in [-0.1, -0.05) is 30.3 Å². The van der Waals surface area contributed by atoms with Crippen LogP contribution in [0.2, 0.25) is 0 Å². The van der Waals surface area contributed by atoms with Crippen LogP contribution >= 0.6 is 0 Å². The molecule has 4 nitrogen and oxygen atoms in total. The highest BCUT2D eigenvalue weighted by Crippen LogP contribution is 2.09. The van der Waals surface area contributed by atoms with E-state index >= 15 is 0 Å². The van der Waals surface area contributed by atoms with Gasteiger partial charge in [-0.3, -0.25) is 5.43 Å². The molecule has 0 aliphatic rings. The van der Waals surface area contributed by atoms with Crippen molar-refractivity contribution >= 4 is 17.9 Å². The Morgan fingerprint density at radius 2 is 1.72 bits per heavy atom. The third-order valence-corrected chi connectivity index (χ3v) is 2.34. The number of benzene rings is 2. The van der Waals surface area contributed by atoms with Gasteiger partial charge in [0.2, 0.25) is 0 Å². The van der Waals surface area contributed by atoms with Crippen LogP contribution in [-0.2, 0) is 0 Å². The van der Waals surface area contributed by atoms with E-state index in [-0.39, 0.29) is 5.56 Å². The average Bonchev–Trinajstić information content (AvgIpc) is 2.40. The van der Waals surface area contributed by atoms with E-state index in [1.165, 1.54) is 12.1 Å². The first-order valence-electron chi connectivity index (χ1n) is 5.43. The normalized spacial score (nSPS) is 10.4. The van der Waals surface area contributed by atoms with E-state index in [9.17, 15) is 4.79 Å². The topological polar surface area (TPSA) is 61.7 Å². The van der Waals surface area contributed by atoms with Gasteiger partial charge in [-0.25, -0.2) is 4.79 Å². The van der Waals surface area contributed by atoms with Gasteiger partial charge in [-0.2, -0.15) is 5.10 Å². The number of hydrazone groups is 1. The summed E-state index contributed by atoms with van der Waals surface area (Å²) in [6.45, 7) is 0. The maximum absolute atomic E-state index is 10.7. The largest absolute Gasteiger partial charge is 0.478 e. The molecule has 0 aromatic heterocycles. The summed E-state index contributed by atoms with van der Waals surface area (Å²) in [6, 6.07) is 16.1. The van der Waals surface area contributed by atoms with Gasteiger partial charge in [-0.05, 0) is 29.8 Å². The Hall–Kier alpha value is -2.62. The fraction of sp³-hybridized carbons (Fsp3) is 0. The van der Waals surface area contributed by atoms with Gasteiger partial charge < -0.3 is 5.11 Å². The zero-order valence-corrected chi connectivity index (χ0v) is 9.58. The van der Waals surface area contributed by atoms with E-state index in [0.717, 1.165) is 11.3 Å². The summed E-state index contributed by atoms with van der Waals surface area (Å²) in [6.07, 6.45) is 1.70. The number of carbonyl (C=O) groups is 1. The summed E-state index contributed by atoms with van der Waals surface area (Å²) < 4.78 is 0. The highest BCUT2D eigenvalue weighted by Gasteiger charge is 2.00. The van der Waals surface area contributed by atoms with Crippen molar-refractivity contribution in [3.8, 4) is 0 Å². The van der Waals surface area contributed by atoms with Crippen LogP contribution in [0.15, 0.2) is 59.7 Å². The van der Waals surface area contributed by atoms with Gasteiger partial charge in [0, 0.05) is 0 Å². The minimum absolute atomic E-state index is 0.257. The van der Waals surface area contributed by atoms with Crippen LogP contribution in [-0.4, -0.2) is 17.3 Å². The zero-order valence-electron chi connectivity index (χ0n) is 9.58. The standard InChI is InChI=1S/C14H12N2O2/c17-14(18)12-6-8-13(9-7-12)16-15-10-11-4-2-1-3-5-11/h1-10,16H,(H,17,18)/b15-10-. The molecule has 2 aromatic rings. The lowest BCUT2D eigenvalue weighted by Crippen LogP contribution is -1.96. The third kappa shape index (κ3) is 3.18. The van der Waals surface area contributed by atoms with Crippen LogP contribution in [0.1, 0.15) is 15.9 Å². The van der Waals surface area contributed by atoms with E-state index in [1.807, 2.05) is 30.3 Å². The smallest absolute Gasteiger partial charge is 0.335 e. The monoisotopic (exact) mass is 240 g/mol. The van der Waals surface area contributed by atoms with Gasteiger partial charge in [0.05, 0.1) is 17.5 Å². The summed E-state index contributed by atoms with van der Waals surface area (Å²) in [5.74, 6) is -0.936. The van der Waals surface area contributed by atoms with Gasteiger partial charge in [0.1, 0.15) is 0 Å². The molecule has 0 spiro atoms. The molecule has 0 aliphatic carbocycles. The van der Waals surface area contributed by atoms with Gasteiger partial charge >= 0.3 is 5.97 Å². The molecule has 90 valence electrons. The third-order valence-electron chi connectivity index (χ3n) is 2.34. The summed E-state index contributed by atoms with van der Waals surface area (Å²) in [5, 5.41) is 12.8. The fourth-order valence-corrected chi connectivity index (χ4v) is 1.41. The first-order valence-corrected chi connectivity index (χ1v) is 5.43. The van der Waals surface area contributed by atoms with Crippen molar-refractivity contribution in [2.45, 2.75) is 0 Å². The molecule has 0 saturated heterocycles. The number of rotatable bonds is 4. The van der Waals surface area contributed by atoms with E-state index in [2.05, 4.69) is 10.5 Å². The molecular formula is C14H12N2O2. The van der Waals surface area contributed by atoms with Crippen LogP contribution < -0.4 is 5.43 Å². The number of carboxylic acid groups (broad SMARTS) is 1. The Balaban J connectivity index is 1.98. The first-order chi connectivity index (χ1) is 8.75. The molecule has 0 bridgehead atoms. The Morgan fingerprint density at radius 1 is 1.06 bits per heavy atom. The van der Waals surface area contributed by atoms with E-state index in [4.69, 9.17) is 5.11 Å². The Labute approximate surface area is 105 Å². The number of nitrogens with one attached hydrogen (secondary N) is 1. The second-order valence-corrected chi connectivity index (χ2v) is 3.66. The number of anilines is 1. The fourth-order valence-electron chi connectivity index (χ4n) is 1.41. The van der Waals surface area contributed by atoms with Crippen molar-refractivity contribution < 1.29 is 9.90 Å². The van der Waals surface area contributed by atoms with Crippen molar-refractivity contribution in [3.63, 3.8) is 0 Å². The molecule has 0 fully saturated rings. The number of aromatic carboxylic acids is 1. The molecule has 0 saturated carbocycles. The lowest BCUT2D eigenvalue weighted by Gasteiger charge is -2.00. The lowest BCUT2D eigenvalue weighted by atomic mass is 10.2. The number of carboxylic acids is 1. The van der Waals surface area contributed by atoms with Crippen molar-refractivity contribution in [1.82, 2.24) is 0 Å². The van der Waals surface area contributed by atoms with Gasteiger partial charge in [-0.15, -0.1) is 0 Å². The van der Waals surface area contributed by atoms with E-state index in [0.29, 0.717) is 0 Å². The summed E-state index contributed by atoms with van der Waals surface area (Å²) >= 11 is 0. The van der Waals surface area contributed by atoms with Gasteiger partial charge in [0.15, 0.2) is 0 Å². The maximum Gasteiger partial charge on any atom is 0.335 e. The molecule has 4 heteroatoms. The predicted molar refractivity (Wildman–Crippen MR) is 71.1 cm³/mol. The second-order valence-electron chi connectivity index (χ2n) is 3.66. The highest BCUT2D eigenvalue weighted by molar-refractivity contribution is 5.88. The number of nitrogens with zero attached hydrogens (tertiary/aromatic N) is 1. The number of hydrogen-bond acceptors (Lipinski definition) is 3. The Kier molecular flexibility index (Phi) is 3.71. The van der Waals surface area contributed by atoms with E-state index in [1.54, 1.807) is 18.3 Å². The molecule has 0 aliphatic heterocycles. The quantitative estimate of drug-likeness (QED) is 0.638. The molecule has 2 rings (SSSR count). The van der Waals surface area contributed by atoms with Crippen LogP contribution in [0.25, 0.3) is 0 Å². The summed E-state index contributed by atoms with van der Waals surface area (Å²) in [4.78, 5) is 10.7. The van der Waals surface area contributed by atoms with E-state index < -0.39 is 5.97 Å². The molecule has 0 amide bonds. The second kappa shape index (κ2) is 5.63. The van der Waals surface area contributed by atoms with Crippen molar-refractivity contribution in [1.29, 1.82) is 0 Å². The minimum Gasteiger partial charge on any atom is -0.478 e. The SMILES string of the molecule is O=C(O)c1ccc(N/N=C\c2ccccc2)cc1. The van der Waals surface area contributed by atoms with Crippen molar-refractivity contribution in [2.24, 2.45) is 5.10 Å². The molecular weight excluding hydrogens is 228 g/mol. The molecule has 0 unspecified atom stereocenters. The molecule has 0 radical (unpaired) electrons. The molecule has 0 heterocycles. The van der Waals surface area contributed by atoms with Gasteiger partial charge in [0.25, 0.3) is 0 Å². The lowest BCUT2D eigenvalue weighted by molar-refractivity contribution is 0.0697. The minimum atomic E-state index is -0.936. The molecule has 0 atom stereocenters. The summed E-state index contributed by atoms with van der Waals surface area (Å²) in [7, 11) is 0. The van der Waals surface area contributed by atoms with Crippen molar-refractivity contribution in [2.75, 3.05) is 5.43 Å². The molecule has 18 heavy (non-hydrogen) atoms. The Bertz CT molecular complexity index is 548. The van der Waals surface area contributed by atoms with Crippen LogP contribution in [0.4, 0.5) is 5.69 Å². The molecule has 2 N–H and O–H groups in total. The molecule has 2 aromatic carbocycles.